The van der Waals surface area contributed by atoms with Crippen LogP contribution in [0.15, 0.2) is 18.3 Å². The summed E-state index contributed by atoms with van der Waals surface area (Å²) in [6, 6.07) is 3.77. The van der Waals surface area contributed by atoms with E-state index < -0.39 is 5.82 Å². The molecule has 2 atom stereocenters. The molecular formula is C13H15FN2O. The summed E-state index contributed by atoms with van der Waals surface area (Å²) >= 11 is 0. The standard InChI is InChI=1S/C13H15FN2O/c14-9-1-4-12(15-7-9)13(17)8-5-10-2-3-11(6-8)16-10/h1,4,7-8,10-11,16H,2-3,5-6H2. The summed E-state index contributed by atoms with van der Waals surface area (Å²) in [6.45, 7) is 0. The lowest BCUT2D eigenvalue weighted by molar-refractivity contribution is 0.0870. The van der Waals surface area contributed by atoms with Crippen molar-refractivity contribution in [1.29, 1.82) is 0 Å². The number of aromatic nitrogens is 1. The van der Waals surface area contributed by atoms with Gasteiger partial charge in [-0.05, 0) is 37.8 Å². The van der Waals surface area contributed by atoms with Gasteiger partial charge in [0.05, 0.1) is 6.20 Å². The Bertz CT molecular complexity index is 420. The van der Waals surface area contributed by atoms with Gasteiger partial charge in [0.25, 0.3) is 0 Å². The van der Waals surface area contributed by atoms with Crippen molar-refractivity contribution in [2.45, 2.75) is 37.8 Å². The summed E-state index contributed by atoms with van der Waals surface area (Å²) in [4.78, 5) is 16.1. The van der Waals surface area contributed by atoms with Crippen LogP contribution < -0.4 is 5.32 Å². The fourth-order valence-electron chi connectivity index (χ4n) is 3.00. The van der Waals surface area contributed by atoms with Gasteiger partial charge in [-0.3, -0.25) is 9.78 Å². The van der Waals surface area contributed by atoms with Crippen molar-refractivity contribution in [3.8, 4) is 0 Å². The molecule has 0 amide bonds. The van der Waals surface area contributed by atoms with E-state index in [0.717, 1.165) is 19.0 Å². The third-order valence-electron chi connectivity index (χ3n) is 3.82. The summed E-state index contributed by atoms with van der Waals surface area (Å²) in [7, 11) is 0. The maximum Gasteiger partial charge on any atom is 0.184 e. The van der Waals surface area contributed by atoms with E-state index in [4.69, 9.17) is 0 Å². The molecule has 2 unspecified atom stereocenters. The molecule has 0 spiro atoms. The highest BCUT2D eigenvalue weighted by Crippen LogP contribution is 2.32. The fourth-order valence-corrected chi connectivity index (χ4v) is 3.00. The highest BCUT2D eigenvalue weighted by atomic mass is 19.1. The molecule has 2 fully saturated rings. The minimum atomic E-state index is -0.396. The molecule has 2 aliphatic rings. The summed E-state index contributed by atoms with van der Waals surface area (Å²) < 4.78 is 12.7. The Kier molecular flexibility index (Phi) is 2.67. The zero-order chi connectivity index (χ0) is 11.8. The van der Waals surface area contributed by atoms with Gasteiger partial charge in [0.1, 0.15) is 11.5 Å². The molecule has 3 nitrogen and oxygen atoms in total. The Morgan fingerprint density at radius 3 is 2.59 bits per heavy atom. The third-order valence-corrected chi connectivity index (χ3v) is 3.82. The molecule has 3 rings (SSSR count). The number of pyridine rings is 1. The van der Waals surface area contributed by atoms with Crippen LogP contribution in [0.4, 0.5) is 4.39 Å². The Balaban J connectivity index is 1.76. The number of nitrogens with one attached hydrogen (secondary N) is 1. The van der Waals surface area contributed by atoms with Gasteiger partial charge < -0.3 is 5.32 Å². The van der Waals surface area contributed by atoms with E-state index in [1.807, 2.05) is 0 Å². The van der Waals surface area contributed by atoms with Gasteiger partial charge in [-0.1, -0.05) is 0 Å². The predicted molar refractivity (Wildman–Crippen MR) is 61.2 cm³/mol. The smallest absolute Gasteiger partial charge is 0.184 e. The minimum Gasteiger partial charge on any atom is -0.311 e. The zero-order valence-electron chi connectivity index (χ0n) is 9.53. The van der Waals surface area contributed by atoms with Gasteiger partial charge in [0.15, 0.2) is 5.78 Å². The van der Waals surface area contributed by atoms with Crippen LogP contribution in [-0.2, 0) is 0 Å². The third kappa shape index (κ3) is 2.09. The van der Waals surface area contributed by atoms with Crippen molar-refractivity contribution in [3.63, 3.8) is 0 Å². The number of halogens is 1. The molecule has 0 aliphatic carbocycles. The number of carbonyl (C=O) groups excluding carboxylic acids is 1. The maximum atomic E-state index is 12.7. The van der Waals surface area contributed by atoms with Crippen LogP contribution in [0.3, 0.4) is 0 Å². The first-order valence-corrected chi connectivity index (χ1v) is 6.14. The Hall–Kier alpha value is -1.29. The highest BCUT2D eigenvalue weighted by molar-refractivity contribution is 5.96. The molecule has 0 radical (unpaired) electrons. The lowest BCUT2D eigenvalue weighted by atomic mass is 9.87. The Morgan fingerprint density at radius 1 is 1.29 bits per heavy atom. The molecule has 2 bridgehead atoms. The van der Waals surface area contributed by atoms with E-state index in [2.05, 4.69) is 10.3 Å². The van der Waals surface area contributed by atoms with Crippen molar-refractivity contribution in [2.24, 2.45) is 5.92 Å². The SMILES string of the molecule is O=C(c1ccc(F)cn1)C1CC2CCC(C1)N2. The number of fused-ring (bicyclic) bond motifs is 2. The van der Waals surface area contributed by atoms with Crippen molar-refractivity contribution in [1.82, 2.24) is 10.3 Å². The number of carbonyl (C=O) groups is 1. The van der Waals surface area contributed by atoms with E-state index in [9.17, 15) is 9.18 Å². The fraction of sp³-hybridized carbons (Fsp3) is 0.538. The number of hydrogen-bond acceptors (Lipinski definition) is 3. The van der Waals surface area contributed by atoms with Gasteiger partial charge in [-0.25, -0.2) is 4.39 Å². The lowest BCUT2D eigenvalue weighted by Gasteiger charge is -2.27. The van der Waals surface area contributed by atoms with Crippen LogP contribution in [0.5, 0.6) is 0 Å². The van der Waals surface area contributed by atoms with E-state index in [1.165, 1.54) is 25.0 Å². The van der Waals surface area contributed by atoms with Crippen molar-refractivity contribution in [3.05, 3.63) is 29.8 Å². The first-order chi connectivity index (χ1) is 8.22. The molecule has 0 aromatic carbocycles. The highest BCUT2D eigenvalue weighted by Gasteiger charge is 2.37. The van der Waals surface area contributed by atoms with Crippen LogP contribution in [0, 0.1) is 11.7 Å². The van der Waals surface area contributed by atoms with Crippen LogP contribution >= 0.6 is 0 Å². The molecule has 4 heteroatoms. The van der Waals surface area contributed by atoms with Gasteiger partial charge in [0, 0.05) is 18.0 Å². The van der Waals surface area contributed by atoms with Crippen LogP contribution in [-0.4, -0.2) is 22.9 Å². The summed E-state index contributed by atoms with van der Waals surface area (Å²) in [5, 5.41) is 3.50. The largest absolute Gasteiger partial charge is 0.311 e. The van der Waals surface area contributed by atoms with E-state index >= 15 is 0 Å². The molecule has 1 N–H and O–H groups in total. The zero-order valence-corrected chi connectivity index (χ0v) is 9.53. The number of Topliss-reactive ketones (excluding diaryl/α,β-unsaturated/α-hetero) is 1. The summed E-state index contributed by atoms with van der Waals surface area (Å²) in [5.74, 6) is -0.262. The van der Waals surface area contributed by atoms with E-state index in [1.54, 1.807) is 0 Å². The summed E-state index contributed by atoms with van der Waals surface area (Å²) in [6.07, 6.45) is 5.25. The number of ketones is 1. The second-order valence-electron chi connectivity index (χ2n) is 5.03. The van der Waals surface area contributed by atoms with Crippen LogP contribution in [0.25, 0.3) is 0 Å². The average molecular weight is 234 g/mol. The second-order valence-corrected chi connectivity index (χ2v) is 5.03. The molecule has 1 aromatic rings. The Morgan fingerprint density at radius 2 is 2.00 bits per heavy atom. The molecule has 2 saturated heterocycles. The molecule has 2 aliphatic heterocycles. The Labute approximate surface area is 99.4 Å². The molecule has 17 heavy (non-hydrogen) atoms. The lowest BCUT2D eigenvalue weighted by Crippen LogP contribution is -2.40. The second kappa shape index (κ2) is 4.18. The van der Waals surface area contributed by atoms with Crippen molar-refractivity contribution in [2.75, 3.05) is 0 Å². The van der Waals surface area contributed by atoms with Gasteiger partial charge in [-0.15, -0.1) is 0 Å². The monoisotopic (exact) mass is 234 g/mol. The normalized spacial score (nSPS) is 31.5. The number of piperidine rings is 1. The molecule has 90 valence electrons. The van der Waals surface area contributed by atoms with Crippen molar-refractivity contribution >= 4 is 5.78 Å². The predicted octanol–water partition coefficient (Wildman–Crippen LogP) is 1.93. The van der Waals surface area contributed by atoms with Crippen molar-refractivity contribution < 1.29 is 9.18 Å². The maximum absolute atomic E-state index is 12.7. The number of nitrogens with zero attached hydrogens (tertiary/aromatic N) is 1. The first-order valence-electron chi connectivity index (χ1n) is 6.14. The molecule has 1 aromatic heterocycles. The number of hydrogen-bond donors (Lipinski definition) is 1. The van der Waals surface area contributed by atoms with Crippen LogP contribution in [0.2, 0.25) is 0 Å². The summed E-state index contributed by atoms with van der Waals surface area (Å²) in [5.41, 5.74) is 0.401. The van der Waals surface area contributed by atoms with Crippen LogP contribution in [0.1, 0.15) is 36.2 Å². The van der Waals surface area contributed by atoms with E-state index in [-0.39, 0.29) is 11.7 Å². The molecule has 0 saturated carbocycles. The minimum absolute atomic E-state index is 0.0618. The topological polar surface area (TPSA) is 42.0 Å². The van der Waals surface area contributed by atoms with Gasteiger partial charge in [0.2, 0.25) is 0 Å². The van der Waals surface area contributed by atoms with Gasteiger partial charge in [-0.2, -0.15) is 0 Å². The molecular weight excluding hydrogens is 219 g/mol. The first kappa shape index (κ1) is 10.8. The van der Waals surface area contributed by atoms with Gasteiger partial charge >= 0.3 is 0 Å². The average Bonchev–Trinajstić information content (AvgIpc) is 2.68. The quantitative estimate of drug-likeness (QED) is 0.795. The number of rotatable bonds is 2. The molecule has 3 heterocycles. The van der Waals surface area contributed by atoms with E-state index in [0.29, 0.717) is 17.8 Å².